The molecular weight excluding hydrogens is 418 g/mol. The van der Waals surface area contributed by atoms with Crippen molar-refractivity contribution in [1.82, 2.24) is 16.0 Å². The van der Waals surface area contributed by atoms with E-state index in [9.17, 15) is 19.2 Å². The highest BCUT2D eigenvalue weighted by atomic mass is 16.4. The Balaban J connectivity index is 2.95. The van der Waals surface area contributed by atoms with E-state index in [1.807, 2.05) is 6.07 Å². The van der Waals surface area contributed by atoms with Gasteiger partial charge in [-0.25, -0.2) is 0 Å². The molecule has 0 aromatic heterocycles. The number of rotatable bonds is 13. The summed E-state index contributed by atoms with van der Waals surface area (Å²) in [5.41, 5.74) is 16.9. The fourth-order valence-corrected chi connectivity index (χ4v) is 2.69. The van der Waals surface area contributed by atoms with Gasteiger partial charge >= 0.3 is 5.97 Å². The first-order valence-corrected chi connectivity index (χ1v) is 10.0. The first-order valence-electron chi connectivity index (χ1n) is 10.0. The first kappa shape index (κ1) is 26.4. The van der Waals surface area contributed by atoms with Crippen molar-refractivity contribution in [2.45, 2.75) is 44.3 Å². The van der Waals surface area contributed by atoms with E-state index in [-0.39, 0.29) is 25.3 Å². The van der Waals surface area contributed by atoms with Crippen LogP contribution < -0.4 is 33.2 Å². The Labute approximate surface area is 186 Å². The lowest BCUT2D eigenvalue weighted by Gasteiger charge is -2.23. The van der Waals surface area contributed by atoms with E-state index < -0.39 is 48.4 Å². The smallest absolute Gasteiger partial charge is 0.322 e. The Bertz CT molecular complexity index is 810. The van der Waals surface area contributed by atoms with E-state index in [4.69, 9.17) is 22.3 Å². The average molecular weight is 450 g/mol. The summed E-state index contributed by atoms with van der Waals surface area (Å²) in [6.45, 7) is 1.10. The summed E-state index contributed by atoms with van der Waals surface area (Å²) in [6.07, 6.45) is 0.661. The van der Waals surface area contributed by atoms with E-state index in [1.165, 1.54) is 6.92 Å². The molecule has 0 aliphatic carbocycles. The van der Waals surface area contributed by atoms with Gasteiger partial charge in [0.15, 0.2) is 5.96 Å². The van der Waals surface area contributed by atoms with Crippen LogP contribution in [-0.4, -0.2) is 66.0 Å². The van der Waals surface area contributed by atoms with Crippen molar-refractivity contribution in [1.29, 1.82) is 0 Å². The third-order valence-electron chi connectivity index (χ3n) is 4.32. The number of carbonyl (C=O) groups is 4. The van der Waals surface area contributed by atoms with Gasteiger partial charge in [0.25, 0.3) is 0 Å². The zero-order valence-electron chi connectivity index (χ0n) is 17.9. The van der Waals surface area contributed by atoms with Gasteiger partial charge in [-0.1, -0.05) is 30.3 Å². The molecule has 0 saturated heterocycles. The second kappa shape index (κ2) is 13.6. The van der Waals surface area contributed by atoms with Crippen LogP contribution in [0.15, 0.2) is 35.3 Å². The molecule has 0 heterocycles. The van der Waals surface area contributed by atoms with Gasteiger partial charge in [0.05, 0.1) is 6.04 Å². The summed E-state index contributed by atoms with van der Waals surface area (Å²) in [7, 11) is 0. The predicted molar refractivity (Wildman–Crippen MR) is 118 cm³/mol. The number of nitrogens with zero attached hydrogens (tertiary/aromatic N) is 1. The minimum Gasteiger partial charge on any atom is -0.480 e. The van der Waals surface area contributed by atoms with Crippen LogP contribution >= 0.6 is 0 Å². The SMILES string of the molecule is C[C@H](N)C(=O)N[C@@H](Cc1ccccc1)C(=O)N[C@@H](CCCN=C(N)N)C(=O)NCC(=O)O. The monoisotopic (exact) mass is 449 g/mol. The van der Waals surface area contributed by atoms with Crippen LogP contribution in [0, 0.1) is 0 Å². The molecule has 0 aliphatic rings. The Hall–Kier alpha value is -3.67. The van der Waals surface area contributed by atoms with Crippen molar-refractivity contribution in [3.05, 3.63) is 35.9 Å². The van der Waals surface area contributed by atoms with Gasteiger partial charge in [-0.15, -0.1) is 0 Å². The van der Waals surface area contributed by atoms with Crippen molar-refractivity contribution in [2.24, 2.45) is 22.2 Å². The van der Waals surface area contributed by atoms with Crippen molar-refractivity contribution in [3.8, 4) is 0 Å². The molecule has 1 aromatic carbocycles. The van der Waals surface area contributed by atoms with Crippen LogP contribution in [0.4, 0.5) is 0 Å². The molecule has 176 valence electrons. The van der Waals surface area contributed by atoms with Crippen molar-refractivity contribution in [2.75, 3.05) is 13.1 Å². The van der Waals surface area contributed by atoms with Crippen molar-refractivity contribution in [3.63, 3.8) is 0 Å². The van der Waals surface area contributed by atoms with E-state index in [0.717, 1.165) is 5.56 Å². The van der Waals surface area contributed by atoms with Crippen LogP contribution in [0.2, 0.25) is 0 Å². The third-order valence-corrected chi connectivity index (χ3v) is 4.32. The maximum absolute atomic E-state index is 13.0. The van der Waals surface area contributed by atoms with Gasteiger partial charge in [-0.3, -0.25) is 24.2 Å². The molecule has 3 amide bonds. The average Bonchev–Trinajstić information content (AvgIpc) is 2.73. The van der Waals surface area contributed by atoms with Crippen molar-refractivity contribution >= 4 is 29.7 Å². The normalized spacial score (nSPS) is 13.2. The quantitative estimate of drug-likeness (QED) is 0.0993. The molecule has 0 fully saturated rings. The number of nitrogens with two attached hydrogens (primary N) is 3. The molecular formula is C20H31N7O5. The molecule has 0 spiro atoms. The van der Waals surface area contributed by atoms with E-state index >= 15 is 0 Å². The van der Waals surface area contributed by atoms with Gasteiger partial charge in [0, 0.05) is 13.0 Å². The van der Waals surface area contributed by atoms with Gasteiger partial charge in [0.1, 0.15) is 18.6 Å². The zero-order chi connectivity index (χ0) is 24.1. The maximum atomic E-state index is 13.0. The van der Waals surface area contributed by atoms with Crippen LogP contribution in [0.5, 0.6) is 0 Å². The minimum absolute atomic E-state index is 0.109. The van der Waals surface area contributed by atoms with Crippen LogP contribution in [0.1, 0.15) is 25.3 Å². The molecule has 12 heteroatoms. The molecule has 12 nitrogen and oxygen atoms in total. The van der Waals surface area contributed by atoms with Gasteiger partial charge in [-0.2, -0.15) is 0 Å². The Morgan fingerprint density at radius 3 is 2.19 bits per heavy atom. The summed E-state index contributed by atoms with van der Waals surface area (Å²) in [6, 6.07) is 6.11. The van der Waals surface area contributed by atoms with Gasteiger partial charge in [0.2, 0.25) is 17.7 Å². The van der Waals surface area contributed by atoms with Gasteiger partial charge < -0.3 is 38.3 Å². The number of nitrogens with one attached hydrogen (secondary N) is 3. The third kappa shape index (κ3) is 10.4. The molecule has 1 rings (SSSR count). The predicted octanol–water partition coefficient (Wildman–Crippen LogP) is -2.20. The van der Waals surface area contributed by atoms with Gasteiger partial charge in [-0.05, 0) is 25.3 Å². The maximum Gasteiger partial charge on any atom is 0.322 e. The second-order valence-electron chi connectivity index (χ2n) is 7.16. The van der Waals surface area contributed by atoms with Crippen LogP contribution in [0.3, 0.4) is 0 Å². The number of carboxylic acid groups (broad SMARTS) is 1. The number of carbonyl (C=O) groups excluding carboxylic acids is 3. The lowest BCUT2D eigenvalue weighted by molar-refractivity contribution is -0.138. The second-order valence-corrected chi connectivity index (χ2v) is 7.16. The molecule has 1 aromatic rings. The minimum atomic E-state index is -1.23. The molecule has 32 heavy (non-hydrogen) atoms. The number of aliphatic carboxylic acids is 1. The topological polar surface area (TPSA) is 215 Å². The molecule has 3 atom stereocenters. The van der Waals surface area contributed by atoms with Crippen LogP contribution in [-0.2, 0) is 25.6 Å². The number of benzene rings is 1. The largest absolute Gasteiger partial charge is 0.480 e. The summed E-state index contributed by atoms with van der Waals surface area (Å²) in [4.78, 5) is 52.1. The zero-order valence-corrected chi connectivity index (χ0v) is 17.9. The number of hydrogen-bond donors (Lipinski definition) is 7. The number of aliphatic imine (C=N–C) groups is 1. The first-order chi connectivity index (χ1) is 15.1. The van der Waals surface area contributed by atoms with E-state index in [0.29, 0.717) is 6.42 Å². The molecule has 0 aliphatic heterocycles. The lowest BCUT2D eigenvalue weighted by Crippen LogP contribution is -2.56. The molecule has 10 N–H and O–H groups in total. The molecule has 0 unspecified atom stereocenters. The highest BCUT2D eigenvalue weighted by molar-refractivity contribution is 5.93. The number of hydrogen-bond acceptors (Lipinski definition) is 6. The molecule has 0 radical (unpaired) electrons. The highest BCUT2D eigenvalue weighted by Crippen LogP contribution is 2.06. The van der Waals surface area contributed by atoms with Crippen LogP contribution in [0.25, 0.3) is 0 Å². The lowest BCUT2D eigenvalue weighted by atomic mass is 10.0. The molecule has 0 saturated carbocycles. The fourth-order valence-electron chi connectivity index (χ4n) is 2.69. The van der Waals surface area contributed by atoms with E-state index in [1.54, 1.807) is 24.3 Å². The Kier molecular flexibility index (Phi) is 11.2. The summed E-state index contributed by atoms with van der Waals surface area (Å²) in [5.74, 6) is -3.15. The Morgan fingerprint density at radius 2 is 1.62 bits per heavy atom. The van der Waals surface area contributed by atoms with Crippen molar-refractivity contribution < 1.29 is 24.3 Å². The standard InChI is InChI=1S/C20H31N7O5/c1-12(21)17(30)27-15(10-13-6-3-2-4-7-13)19(32)26-14(8-5-9-24-20(22)23)18(31)25-11-16(28)29/h2-4,6-7,12,14-15H,5,8-11,21H2,1H3,(H,25,31)(H,26,32)(H,27,30)(H,28,29)(H4,22,23,24)/t12-,14-,15-/m0/s1. The summed E-state index contributed by atoms with van der Waals surface area (Å²) >= 11 is 0. The van der Waals surface area contributed by atoms with E-state index in [2.05, 4.69) is 20.9 Å². The Morgan fingerprint density at radius 1 is 1.00 bits per heavy atom. The molecule has 0 bridgehead atoms. The summed E-state index contributed by atoms with van der Waals surface area (Å²) < 4.78 is 0. The highest BCUT2D eigenvalue weighted by Gasteiger charge is 2.27. The fraction of sp³-hybridized carbons (Fsp3) is 0.450. The number of guanidine groups is 1. The number of carboxylic acids is 1. The summed E-state index contributed by atoms with van der Waals surface area (Å²) in [5, 5.41) is 16.2. The number of amides is 3.